The second-order valence-corrected chi connectivity index (χ2v) is 7.75. The van der Waals surface area contributed by atoms with Gasteiger partial charge in [0.15, 0.2) is 12.3 Å². The summed E-state index contributed by atoms with van der Waals surface area (Å²) in [6.45, 7) is 3.59. The van der Waals surface area contributed by atoms with Gasteiger partial charge in [-0.15, -0.1) is 4.57 Å². The van der Waals surface area contributed by atoms with E-state index in [1.807, 2.05) is 31.2 Å². The number of benzene rings is 2. The van der Waals surface area contributed by atoms with E-state index < -0.39 is 0 Å². The van der Waals surface area contributed by atoms with E-state index in [1.165, 1.54) is 6.07 Å². The first kappa shape index (κ1) is 22.4. The summed E-state index contributed by atoms with van der Waals surface area (Å²) in [7, 11) is 0. The molecule has 0 aliphatic carbocycles. The van der Waals surface area contributed by atoms with Gasteiger partial charge < -0.3 is 19.3 Å². The molecule has 2 heterocycles. The molecular formula is C24H22ClN3O5. The zero-order valence-corrected chi connectivity index (χ0v) is 18.9. The molecule has 0 radical (unpaired) electrons. The number of carbonyl (C=O) groups excluding carboxylic acids is 1. The Labute approximate surface area is 194 Å². The van der Waals surface area contributed by atoms with Crippen LogP contribution in [0.2, 0.25) is 5.02 Å². The summed E-state index contributed by atoms with van der Waals surface area (Å²) in [5.41, 5.74) is 1.90. The van der Waals surface area contributed by atoms with Gasteiger partial charge in [-0.2, -0.15) is 0 Å². The fourth-order valence-corrected chi connectivity index (χ4v) is 3.45. The van der Waals surface area contributed by atoms with Crippen molar-refractivity contribution in [2.45, 2.75) is 26.9 Å². The van der Waals surface area contributed by atoms with E-state index in [9.17, 15) is 9.59 Å². The number of rotatable bonds is 8. The summed E-state index contributed by atoms with van der Waals surface area (Å²) in [6.07, 6.45) is 0.800. The van der Waals surface area contributed by atoms with E-state index in [0.717, 1.165) is 16.6 Å². The van der Waals surface area contributed by atoms with E-state index in [2.05, 4.69) is 10.3 Å². The van der Waals surface area contributed by atoms with Crippen molar-refractivity contribution in [3.63, 3.8) is 0 Å². The number of hydrogen-bond acceptors (Lipinski definition) is 6. The maximum atomic E-state index is 12.5. The second kappa shape index (κ2) is 9.79. The highest BCUT2D eigenvalue weighted by atomic mass is 35.5. The van der Waals surface area contributed by atoms with Crippen molar-refractivity contribution in [1.29, 1.82) is 0 Å². The van der Waals surface area contributed by atoms with Crippen molar-refractivity contribution < 1.29 is 18.8 Å². The third kappa shape index (κ3) is 5.35. The SMILES string of the molecule is CCc1ccccc1OCC(=O)Nc1ccc(Cl)cc1OCc1cc(=O)n2oc(C)cc2n1. The fraction of sp³-hybridized carbons (Fsp3) is 0.208. The number of amides is 1. The molecule has 8 nitrogen and oxygen atoms in total. The lowest BCUT2D eigenvalue weighted by Crippen LogP contribution is -2.21. The van der Waals surface area contributed by atoms with Gasteiger partial charge >= 0.3 is 0 Å². The average molecular weight is 468 g/mol. The number of anilines is 1. The lowest BCUT2D eigenvalue weighted by atomic mass is 10.1. The van der Waals surface area contributed by atoms with Gasteiger partial charge in [0.05, 0.1) is 11.4 Å². The van der Waals surface area contributed by atoms with Gasteiger partial charge in [0.2, 0.25) is 0 Å². The minimum atomic E-state index is -0.351. The predicted molar refractivity (Wildman–Crippen MR) is 124 cm³/mol. The molecule has 4 rings (SSSR count). The molecule has 1 amide bonds. The number of carbonyl (C=O) groups is 1. The summed E-state index contributed by atoms with van der Waals surface area (Å²) >= 11 is 6.12. The van der Waals surface area contributed by atoms with Gasteiger partial charge in [0.25, 0.3) is 11.5 Å². The van der Waals surface area contributed by atoms with Gasteiger partial charge in [-0.3, -0.25) is 9.59 Å². The van der Waals surface area contributed by atoms with Gasteiger partial charge in [-0.25, -0.2) is 4.98 Å². The summed E-state index contributed by atoms with van der Waals surface area (Å²) < 4.78 is 17.9. The number of ether oxygens (including phenoxy) is 2. The fourth-order valence-electron chi connectivity index (χ4n) is 3.28. The Morgan fingerprint density at radius 1 is 1.12 bits per heavy atom. The van der Waals surface area contributed by atoms with Crippen LogP contribution in [0.25, 0.3) is 5.65 Å². The Kier molecular flexibility index (Phi) is 6.65. The van der Waals surface area contributed by atoms with Crippen molar-refractivity contribution in [2.24, 2.45) is 0 Å². The Morgan fingerprint density at radius 3 is 2.76 bits per heavy atom. The molecule has 0 atom stereocenters. The molecule has 0 spiro atoms. The first-order valence-electron chi connectivity index (χ1n) is 10.4. The molecule has 4 aromatic rings. The van der Waals surface area contributed by atoms with Gasteiger partial charge in [0, 0.05) is 23.2 Å². The topological polar surface area (TPSA) is 95.1 Å². The smallest absolute Gasteiger partial charge is 0.287 e. The molecule has 0 aliphatic heterocycles. The Hall–Kier alpha value is -3.78. The number of aryl methyl sites for hydroxylation is 2. The Morgan fingerprint density at radius 2 is 1.94 bits per heavy atom. The number of para-hydroxylation sites is 1. The van der Waals surface area contributed by atoms with Crippen molar-refractivity contribution in [1.82, 2.24) is 9.56 Å². The minimum absolute atomic E-state index is 0.000441. The van der Waals surface area contributed by atoms with Crippen LogP contribution in [0.4, 0.5) is 5.69 Å². The van der Waals surface area contributed by atoms with Crippen LogP contribution in [0.15, 0.2) is 63.9 Å². The monoisotopic (exact) mass is 467 g/mol. The molecule has 9 heteroatoms. The van der Waals surface area contributed by atoms with Crippen molar-refractivity contribution in [2.75, 3.05) is 11.9 Å². The van der Waals surface area contributed by atoms with E-state index >= 15 is 0 Å². The average Bonchev–Trinajstić information content (AvgIpc) is 3.18. The maximum Gasteiger partial charge on any atom is 0.287 e. The first-order valence-corrected chi connectivity index (χ1v) is 10.7. The van der Waals surface area contributed by atoms with Crippen LogP contribution >= 0.6 is 11.6 Å². The molecule has 0 saturated carbocycles. The molecule has 0 aliphatic rings. The molecule has 0 bridgehead atoms. The molecule has 2 aromatic heterocycles. The van der Waals surface area contributed by atoms with Crippen LogP contribution in [0.5, 0.6) is 11.5 Å². The van der Waals surface area contributed by atoms with Gasteiger partial charge in [0.1, 0.15) is 23.9 Å². The molecule has 170 valence electrons. The molecule has 2 aromatic carbocycles. The van der Waals surface area contributed by atoms with Crippen LogP contribution in [-0.4, -0.2) is 22.1 Å². The zero-order chi connectivity index (χ0) is 23.4. The van der Waals surface area contributed by atoms with Crippen molar-refractivity contribution >= 4 is 28.8 Å². The quantitative estimate of drug-likeness (QED) is 0.412. The number of hydrogen-bond donors (Lipinski definition) is 1. The summed E-state index contributed by atoms with van der Waals surface area (Å²) in [5, 5.41) is 3.21. The minimum Gasteiger partial charge on any atom is -0.485 e. The van der Waals surface area contributed by atoms with E-state index in [1.54, 1.807) is 31.2 Å². The second-order valence-electron chi connectivity index (χ2n) is 7.31. The molecule has 0 saturated heterocycles. The van der Waals surface area contributed by atoms with E-state index in [4.69, 9.17) is 25.6 Å². The summed E-state index contributed by atoms with van der Waals surface area (Å²) in [5.74, 6) is 1.24. The lowest BCUT2D eigenvalue weighted by Gasteiger charge is -2.14. The van der Waals surface area contributed by atoms with Crippen LogP contribution in [-0.2, 0) is 17.8 Å². The molecule has 33 heavy (non-hydrogen) atoms. The number of nitrogens with zero attached hydrogens (tertiary/aromatic N) is 2. The highest BCUT2D eigenvalue weighted by molar-refractivity contribution is 6.30. The Bertz CT molecular complexity index is 1360. The number of aromatic nitrogens is 2. The highest BCUT2D eigenvalue weighted by Crippen LogP contribution is 2.29. The third-order valence-electron chi connectivity index (χ3n) is 4.83. The summed E-state index contributed by atoms with van der Waals surface area (Å²) in [4.78, 5) is 29.1. The van der Waals surface area contributed by atoms with Crippen LogP contribution in [0.3, 0.4) is 0 Å². The van der Waals surface area contributed by atoms with Crippen LogP contribution in [0, 0.1) is 6.92 Å². The third-order valence-corrected chi connectivity index (χ3v) is 5.06. The van der Waals surface area contributed by atoms with Crippen LogP contribution in [0.1, 0.15) is 23.9 Å². The standard InChI is InChI=1S/C24H22ClN3O5/c1-3-16-6-4-5-7-20(16)32-14-23(29)27-19-9-8-17(25)11-21(19)31-13-18-12-24(30)28-22(26-18)10-15(2)33-28/h4-12H,3,13-14H2,1-2H3,(H,27,29). The number of fused-ring (bicyclic) bond motifs is 1. The molecule has 0 unspecified atom stereocenters. The lowest BCUT2D eigenvalue weighted by molar-refractivity contribution is -0.118. The van der Waals surface area contributed by atoms with Crippen LogP contribution < -0.4 is 20.3 Å². The van der Waals surface area contributed by atoms with E-state index in [-0.39, 0.29) is 24.7 Å². The number of nitrogens with one attached hydrogen (secondary N) is 1. The normalized spacial score (nSPS) is 10.9. The zero-order valence-electron chi connectivity index (χ0n) is 18.1. The molecular weight excluding hydrogens is 446 g/mol. The summed E-state index contributed by atoms with van der Waals surface area (Å²) in [6, 6.07) is 15.4. The highest BCUT2D eigenvalue weighted by Gasteiger charge is 2.13. The largest absolute Gasteiger partial charge is 0.485 e. The maximum absolute atomic E-state index is 12.5. The Balaban J connectivity index is 1.45. The van der Waals surface area contributed by atoms with Gasteiger partial charge in [-0.1, -0.05) is 36.7 Å². The van der Waals surface area contributed by atoms with Crippen molar-refractivity contribution in [3.8, 4) is 11.5 Å². The van der Waals surface area contributed by atoms with Crippen molar-refractivity contribution in [3.05, 3.63) is 87.0 Å². The first-order chi connectivity index (χ1) is 15.9. The predicted octanol–water partition coefficient (Wildman–Crippen LogP) is 4.41. The molecule has 0 fully saturated rings. The van der Waals surface area contributed by atoms with E-state index in [0.29, 0.717) is 39.3 Å². The van der Waals surface area contributed by atoms with Gasteiger partial charge in [-0.05, 0) is 37.1 Å². The molecule has 1 N–H and O–H groups in total. The number of halogens is 1.